The fourth-order valence-corrected chi connectivity index (χ4v) is 1.63. The molecule has 0 aliphatic heterocycles. The lowest BCUT2D eigenvalue weighted by Gasteiger charge is -2.01. The van der Waals surface area contributed by atoms with E-state index in [1.165, 1.54) is 12.1 Å². The van der Waals surface area contributed by atoms with Crippen molar-refractivity contribution >= 4 is 17.1 Å². The summed E-state index contributed by atoms with van der Waals surface area (Å²) in [6.07, 6.45) is 3.63. The van der Waals surface area contributed by atoms with E-state index < -0.39 is 4.92 Å². The van der Waals surface area contributed by atoms with Crippen molar-refractivity contribution < 1.29 is 4.92 Å². The highest BCUT2D eigenvalue weighted by atomic mass is 16.6. The minimum Gasteiger partial charge on any atom is -0.278 e. The van der Waals surface area contributed by atoms with Crippen molar-refractivity contribution in [3.8, 4) is 0 Å². The van der Waals surface area contributed by atoms with Crippen LogP contribution in [0.1, 0.15) is 19.4 Å². The third-order valence-corrected chi connectivity index (χ3v) is 2.78. The van der Waals surface area contributed by atoms with Crippen LogP contribution in [0.15, 0.2) is 41.8 Å². The number of hydrogen-bond acceptors (Lipinski definition) is 5. The number of aryl methyl sites for hydroxylation is 1. The molecule has 2 aromatic rings. The first-order valence-corrected chi connectivity index (χ1v) is 6.17. The molecular formula is C13H15N5O2. The number of nitro groups is 1. The Kier molecular flexibility index (Phi) is 4.09. The first-order valence-electron chi connectivity index (χ1n) is 6.17. The van der Waals surface area contributed by atoms with E-state index in [4.69, 9.17) is 0 Å². The summed E-state index contributed by atoms with van der Waals surface area (Å²) >= 11 is 0. The highest BCUT2D eigenvalue weighted by molar-refractivity contribution is 5.98. The number of nitrogens with zero attached hydrogens (tertiary/aromatic N) is 4. The van der Waals surface area contributed by atoms with Crippen LogP contribution in [0.5, 0.6) is 0 Å². The number of nitrogens with one attached hydrogen (secondary N) is 1. The minimum absolute atomic E-state index is 0.0293. The molecule has 1 heterocycles. The maximum atomic E-state index is 10.7. The van der Waals surface area contributed by atoms with Gasteiger partial charge in [0.2, 0.25) is 0 Å². The molecule has 20 heavy (non-hydrogen) atoms. The lowest BCUT2D eigenvalue weighted by molar-refractivity contribution is -0.384. The molecule has 1 aromatic carbocycles. The maximum absolute atomic E-state index is 10.7. The van der Waals surface area contributed by atoms with Gasteiger partial charge in [0.1, 0.15) is 0 Å². The van der Waals surface area contributed by atoms with Gasteiger partial charge in [0.15, 0.2) is 0 Å². The van der Waals surface area contributed by atoms with E-state index >= 15 is 0 Å². The average molecular weight is 273 g/mol. The van der Waals surface area contributed by atoms with Crippen molar-refractivity contribution in [3.63, 3.8) is 0 Å². The Balaban J connectivity index is 2.12. The van der Waals surface area contributed by atoms with Crippen LogP contribution >= 0.6 is 0 Å². The van der Waals surface area contributed by atoms with Gasteiger partial charge < -0.3 is 0 Å². The standard InChI is InChI=1S/C13H15N5O2/c1-3-17-9-11(8-14-17)10(2)15-16-12-5-4-6-13(7-12)18(19)20/h4-9,16H,3H2,1-2H3. The number of hydrazone groups is 1. The Morgan fingerprint density at radius 3 is 3.00 bits per heavy atom. The van der Waals surface area contributed by atoms with Crippen LogP contribution < -0.4 is 5.43 Å². The van der Waals surface area contributed by atoms with E-state index in [-0.39, 0.29) is 5.69 Å². The van der Waals surface area contributed by atoms with Crippen molar-refractivity contribution in [1.29, 1.82) is 0 Å². The topological polar surface area (TPSA) is 85.3 Å². The lowest BCUT2D eigenvalue weighted by Crippen LogP contribution is -1.99. The van der Waals surface area contributed by atoms with E-state index in [1.807, 2.05) is 24.7 Å². The summed E-state index contributed by atoms with van der Waals surface area (Å²) in [6, 6.07) is 6.21. The molecule has 0 unspecified atom stereocenters. The molecule has 0 saturated carbocycles. The maximum Gasteiger partial charge on any atom is 0.271 e. The fourth-order valence-electron chi connectivity index (χ4n) is 1.63. The smallest absolute Gasteiger partial charge is 0.271 e. The molecule has 1 aromatic heterocycles. The zero-order valence-electron chi connectivity index (χ0n) is 11.3. The predicted molar refractivity (Wildman–Crippen MR) is 76.8 cm³/mol. The summed E-state index contributed by atoms with van der Waals surface area (Å²) in [4.78, 5) is 10.2. The van der Waals surface area contributed by atoms with Crippen LogP contribution in [0.3, 0.4) is 0 Å². The van der Waals surface area contributed by atoms with E-state index in [0.717, 1.165) is 17.8 Å². The van der Waals surface area contributed by atoms with E-state index in [1.54, 1.807) is 18.3 Å². The largest absolute Gasteiger partial charge is 0.278 e. The molecule has 1 N–H and O–H groups in total. The van der Waals surface area contributed by atoms with Gasteiger partial charge in [-0.1, -0.05) is 6.07 Å². The predicted octanol–water partition coefficient (Wildman–Crippen LogP) is 2.65. The first-order chi connectivity index (χ1) is 9.60. The number of nitro benzene ring substituents is 1. The SMILES string of the molecule is CCn1cc(C(C)=NNc2cccc([N+](=O)[O-])c2)cn1. The number of rotatable bonds is 5. The van der Waals surface area contributed by atoms with Crippen LogP contribution in [0.4, 0.5) is 11.4 Å². The number of aromatic nitrogens is 2. The van der Waals surface area contributed by atoms with Gasteiger partial charge in [0.25, 0.3) is 5.69 Å². The number of hydrogen-bond donors (Lipinski definition) is 1. The molecule has 7 heteroatoms. The van der Waals surface area contributed by atoms with Crippen molar-refractivity contribution in [2.75, 3.05) is 5.43 Å². The van der Waals surface area contributed by atoms with E-state index in [9.17, 15) is 10.1 Å². The highest BCUT2D eigenvalue weighted by Gasteiger charge is 2.05. The fraction of sp³-hybridized carbons (Fsp3) is 0.231. The molecule has 0 radical (unpaired) electrons. The second kappa shape index (κ2) is 5.96. The van der Waals surface area contributed by atoms with Gasteiger partial charge in [0.05, 0.1) is 22.5 Å². The first kappa shape index (κ1) is 13.7. The van der Waals surface area contributed by atoms with E-state index in [0.29, 0.717) is 5.69 Å². The van der Waals surface area contributed by atoms with Crippen molar-refractivity contribution in [2.45, 2.75) is 20.4 Å². The molecule has 7 nitrogen and oxygen atoms in total. The van der Waals surface area contributed by atoms with Gasteiger partial charge in [0, 0.05) is 30.4 Å². The van der Waals surface area contributed by atoms with Crippen molar-refractivity contribution in [2.24, 2.45) is 5.10 Å². The zero-order valence-corrected chi connectivity index (χ0v) is 11.3. The summed E-state index contributed by atoms with van der Waals surface area (Å²) in [6.45, 7) is 4.65. The summed E-state index contributed by atoms with van der Waals surface area (Å²) in [7, 11) is 0. The number of non-ortho nitro benzene ring substituents is 1. The van der Waals surface area contributed by atoms with Gasteiger partial charge >= 0.3 is 0 Å². The molecule has 0 amide bonds. The van der Waals surface area contributed by atoms with Gasteiger partial charge in [-0.3, -0.25) is 20.2 Å². The zero-order chi connectivity index (χ0) is 14.5. The van der Waals surface area contributed by atoms with Crippen LogP contribution in [-0.4, -0.2) is 20.4 Å². The van der Waals surface area contributed by atoms with E-state index in [2.05, 4.69) is 15.6 Å². The van der Waals surface area contributed by atoms with Crippen LogP contribution in [0.2, 0.25) is 0 Å². The Morgan fingerprint density at radius 1 is 1.55 bits per heavy atom. The molecule has 104 valence electrons. The highest BCUT2D eigenvalue weighted by Crippen LogP contribution is 2.17. The normalized spacial score (nSPS) is 11.4. The molecule has 0 spiro atoms. The third-order valence-electron chi connectivity index (χ3n) is 2.78. The second-order valence-electron chi connectivity index (χ2n) is 4.20. The molecule has 0 bridgehead atoms. The minimum atomic E-state index is -0.437. The number of anilines is 1. The van der Waals surface area contributed by atoms with Gasteiger partial charge in [-0.05, 0) is 19.9 Å². The Hall–Kier alpha value is -2.70. The Bertz CT molecular complexity index is 648. The Morgan fingerprint density at radius 2 is 2.35 bits per heavy atom. The molecule has 0 aliphatic rings. The van der Waals surface area contributed by atoms with Crippen molar-refractivity contribution in [3.05, 3.63) is 52.3 Å². The lowest BCUT2D eigenvalue weighted by atomic mass is 10.2. The summed E-state index contributed by atoms with van der Waals surface area (Å²) < 4.78 is 1.81. The molecule has 0 aliphatic carbocycles. The quantitative estimate of drug-likeness (QED) is 0.515. The van der Waals surface area contributed by atoms with Crippen LogP contribution in [0.25, 0.3) is 0 Å². The number of benzene rings is 1. The van der Waals surface area contributed by atoms with Crippen LogP contribution in [0, 0.1) is 10.1 Å². The average Bonchev–Trinajstić information content (AvgIpc) is 2.94. The summed E-state index contributed by atoms with van der Waals surface area (Å²) in [5.74, 6) is 0. The van der Waals surface area contributed by atoms with Gasteiger partial charge in [-0.25, -0.2) is 0 Å². The molecule has 0 atom stereocenters. The third kappa shape index (κ3) is 3.19. The molecule has 2 rings (SSSR count). The van der Waals surface area contributed by atoms with Gasteiger partial charge in [-0.2, -0.15) is 10.2 Å². The molecular weight excluding hydrogens is 258 g/mol. The van der Waals surface area contributed by atoms with Gasteiger partial charge in [-0.15, -0.1) is 0 Å². The summed E-state index contributed by atoms with van der Waals surface area (Å²) in [5, 5.41) is 19.0. The van der Waals surface area contributed by atoms with Crippen molar-refractivity contribution in [1.82, 2.24) is 9.78 Å². The Labute approximate surface area is 116 Å². The monoisotopic (exact) mass is 273 g/mol. The molecule has 0 fully saturated rings. The molecule has 0 saturated heterocycles. The second-order valence-corrected chi connectivity index (χ2v) is 4.20. The van der Waals surface area contributed by atoms with Crippen LogP contribution in [-0.2, 0) is 6.54 Å². The summed E-state index contributed by atoms with van der Waals surface area (Å²) in [5.41, 5.74) is 5.08.